The Morgan fingerprint density at radius 3 is 2.50 bits per heavy atom. The van der Waals surface area contributed by atoms with Gasteiger partial charge in [0.05, 0.1) is 30.9 Å². The first-order valence-electron chi connectivity index (χ1n) is 14.3. The Morgan fingerprint density at radius 2 is 1.71 bits per heavy atom. The minimum atomic E-state index is -0.286. The zero-order valence-corrected chi connectivity index (χ0v) is 23.6. The number of piperidine rings is 1. The van der Waals surface area contributed by atoms with E-state index in [4.69, 9.17) is 9.47 Å². The van der Waals surface area contributed by atoms with E-state index in [9.17, 15) is 19.2 Å². The molecule has 4 heterocycles. The Hall–Kier alpha value is -4.66. The molecule has 9 nitrogen and oxygen atoms in total. The van der Waals surface area contributed by atoms with Crippen molar-refractivity contribution in [1.29, 1.82) is 0 Å². The topological polar surface area (TPSA) is 99.8 Å². The highest BCUT2D eigenvalue weighted by atomic mass is 16.5. The molecule has 2 bridgehead atoms. The molecule has 42 heavy (non-hydrogen) atoms. The number of ketones is 1. The molecule has 0 radical (unpaired) electrons. The van der Waals surface area contributed by atoms with Crippen LogP contribution >= 0.6 is 0 Å². The molecule has 0 spiro atoms. The predicted molar refractivity (Wildman–Crippen MR) is 158 cm³/mol. The van der Waals surface area contributed by atoms with Crippen LogP contribution in [0.2, 0.25) is 0 Å². The molecule has 2 aromatic carbocycles. The Bertz CT molecular complexity index is 1900. The fourth-order valence-electron chi connectivity index (χ4n) is 7.24. The molecular formula is C33H31N3O6. The molecule has 9 heteroatoms. The van der Waals surface area contributed by atoms with Crippen molar-refractivity contribution in [2.45, 2.75) is 38.3 Å². The number of rotatable bonds is 6. The number of hydrogen-bond donors (Lipinski definition) is 0. The number of pyridine rings is 2. The third-order valence-electron chi connectivity index (χ3n) is 9.04. The maximum absolute atomic E-state index is 14.1. The quantitative estimate of drug-likeness (QED) is 0.311. The van der Waals surface area contributed by atoms with Crippen LogP contribution in [0.15, 0.2) is 64.2 Å². The minimum Gasteiger partial charge on any atom is -0.493 e. The molecule has 1 amide bonds. The van der Waals surface area contributed by atoms with Crippen LogP contribution in [-0.2, 0) is 17.9 Å². The van der Waals surface area contributed by atoms with Crippen LogP contribution in [0.25, 0.3) is 22.0 Å². The van der Waals surface area contributed by atoms with Gasteiger partial charge in [-0.2, -0.15) is 0 Å². The number of fused-ring (bicyclic) bond motifs is 9. The van der Waals surface area contributed by atoms with E-state index >= 15 is 0 Å². The number of ether oxygens (including phenoxy) is 2. The summed E-state index contributed by atoms with van der Waals surface area (Å²) in [6.07, 6.45) is 1.68. The lowest BCUT2D eigenvalue weighted by Gasteiger charge is -2.42. The van der Waals surface area contributed by atoms with Crippen molar-refractivity contribution in [1.82, 2.24) is 14.0 Å². The van der Waals surface area contributed by atoms with Crippen LogP contribution in [0.4, 0.5) is 0 Å². The van der Waals surface area contributed by atoms with E-state index in [2.05, 4.69) is 0 Å². The second-order valence-electron chi connectivity index (χ2n) is 11.4. The number of nitrogens with zero attached hydrogens (tertiary/aromatic N) is 3. The molecule has 0 saturated carbocycles. The Labute approximate surface area is 241 Å². The van der Waals surface area contributed by atoms with Crippen molar-refractivity contribution in [3.05, 3.63) is 92.1 Å². The lowest BCUT2D eigenvalue weighted by atomic mass is 9.83. The van der Waals surface area contributed by atoms with Crippen LogP contribution in [0.5, 0.6) is 11.5 Å². The highest BCUT2D eigenvalue weighted by molar-refractivity contribution is 6.27. The lowest BCUT2D eigenvalue weighted by molar-refractivity contribution is -0.134. The second-order valence-corrected chi connectivity index (χ2v) is 11.4. The molecule has 2 aliphatic heterocycles. The summed E-state index contributed by atoms with van der Waals surface area (Å²) in [5, 5.41) is 0.821. The summed E-state index contributed by atoms with van der Waals surface area (Å²) >= 11 is 0. The van der Waals surface area contributed by atoms with Gasteiger partial charge in [-0.1, -0.05) is 30.3 Å². The van der Waals surface area contributed by atoms with E-state index in [0.717, 1.165) is 17.7 Å². The van der Waals surface area contributed by atoms with Crippen molar-refractivity contribution in [2.75, 3.05) is 27.3 Å². The van der Waals surface area contributed by atoms with Crippen molar-refractivity contribution in [3.8, 4) is 22.8 Å². The van der Waals surface area contributed by atoms with Crippen molar-refractivity contribution in [3.63, 3.8) is 0 Å². The Morgan fingerprint density at radius 1 is 0.905 bits per heavy atom. The summed E-state index contributed by atoms with van der Waals surface area (Å²) < 4.78 is 14.6. The van der Waals surface area contributed by atoms with Crippen molar-refractivity contribution >= 4 is 22.5 Å². The highest BCUT2D eigenvalue weighted by Gasteiger charge is 2.37. The molecule has 3 aliphatic rings. The van der Waals surface area contributed by atoms with Gasteiger partial charge in [-0.3, -0.25) is 19.2 Å². The van der Waals surface area contributed by atoms with Gasteiger partial charge in [0, 0.05) is 66.8 Å². The first-order valence-corrected chi connectivity index (χ1v) is 14.3. The van der Waals surface area contributed by atoms with Crippen LogP contribution in [0.1, 0.15) is 46.8 Å². The zero-order chi connectivity index (χ0) is 29.1. The normalized spacial score (nSPS) is 18.4. The Kier molecular flexibility index (Phi) is 6.26. The standard InChI is InChI=1S/C33H31N3O6/c1-41-25-13-12-23-28-30(21-7-3-4-8-22(21)31(28)39)35(33(40)29(23)32(25)42-2)14-6-11-26(37)34-16-19-15-20(18-34)24-9-5-10-27(38)36(24)17-19/h3-5,7-10,12-13,19-20H,6,11,14-18H2,1-2H3/t19-,20+/m1/s1. The van der Waals surface area contributed by atoms with Crippen LogP contribution < -0.4 is 20.6 Å². The number of hydrogen-bond acceptors (Lipinski definition) is 6. The van der Waals surface area contributed by atoms with Crippen molar-refractivity contribution < 1.29 is 19.1 Å². The first-order chi connectivity index (χ1) is 20.4. The fourth-order valence-corrected chi connectivity index (χ4v) is 7.24. The van der Waals surface area contributed by atoms with Crippen molar-refractivity contribution in [2.24, 2.45) is 5.92 Å². The molecule has 2 aromatic heterocycles. The molecule has 1 aliphatic carbocycles. The second kappa shape index (κ2) is 10.0. The molecule has 1 saturated heterocycles. The molecule has 0 N–H and O–H groups in total. The molecule has 4 aromatic rings. The molecule has 2 atom stereocenters. The SMILES string of the molecule is COc1ccc2c3c(n(CCCC(=O)N4C[C@H]5C[C@@H](C4)c4cccc(=O)n4C5)c(=O)c2c1OC)-c1ccccc1C3=O. The fraction of sp³-hybridized carbons (Fsp3) is 0.333. The van der Waals surface area contributed by atoms with Gasteiger partial charge >= 0.3 is 0 Å². The van der Waals surface area contributed by atoms with Crippen LogP contribution in [0.3, 0.4) is 0 Å². The number of aromatic nitrogens is 2. The van der Waals surface area contributed by atoms with E-state index in [1.165, 1.54) is 14.2 Å². The van der Waals surface area contributed by atoms with E-state index in [0.29, 0.717) is 59.4 Å². The Balaban J connectivity index is 1.20. The summed E-state index contributed by atoms with van der Waals surface area (Å²) in [5.74, 6) is 0.990. The van der Waals surface area contributed by atoms with E-state index in [-0.39, 0.29) is 53.4 Å². The minimum absolute atomic E-state index is 0.0182. The molecule has 0 unspecified atom stereocenters. The highest BCUT2D eigenvalue weighted by Crippen LogP contribution is 2.43. The number of benzene rings is 2. The molecule has 214 valence electrons. The number of carbonyl (C=O) groups is 2. The molecular weight excluding hydrogens is 534 g/mol. The largest absolute Gasteiger partial charge is 0.493 e. The van der Waals surface area contributed by atoms with Gasteiger partial charge < -0.3 is 23.5 Å². The van der Waals surface area contributed by atoms with Gasteiger partial charge in [-0.05, 0) is 37.0 Å². The monoisotopic (exact) mass is 565 g/mol. The predicted octanol–water partition coefficient (Wildman–Crippen LogP) is 3.82. The van der Waals surface area contributed by atoms with E-state index in [1.807, 2.05) is 33.7 Å². The summed E-state index contributed by atoms with van der Waals surface area (Å²) in [6, 6.07) is 16.2. The molecule has 7 rings (SSSR count). The number of methoxy groups -OCH3 is 2. The maximum atomic E-state index is 14.1. The summed E-state index contributed by atoms with van der Waals surface area (Å²) in [4.78, 5) is 55.5. The third-order valence-corrected chi connectivity index (χ3v) is 9.04. The number of likely N-dealkylation sites (tertiary alicyclic amines) is 1. The smallest absolute Gasteiger partial charge is 0.262 e. The van der Waals surface area contributed by atoms with Gasteiger partial charge in [-0.15, -0.1) is 0 Å². The van der Waals surface area contributed by atoms with Crippen LogP contribution in [0, 0.1) is 5.92 Å². The van der Waals surface area contributed by atoms with E-state index < -0.39 is 0 Å². The third kappa shape index (κ3) is 3.90. The molecule has 1 fully saturated rings. The average Bonchev–Trinajstić information content (AvgIpc) is 3.30. The number of carbonyl (C=O) groups excluding carboxylic acids is 2. The lowest BCUT2D eigenvalue weighted by Crippen LogP contribution is -2.49. The summed E-state index contributed by atoms with van der Waals surface area (Å²) in [6.45, 7) is 2.11. The van der Waals surface area contributed by atoms with E-state index in [1.54, 1.807) is 34.9 Å². The maximum Gasteiger partial charge on any atom is 0.262 e. The first kappa shape index (κ1) is 26.3. The summed E-state index contributed by atoms with van der Waals surface area (Å²) in [5.41, 5.74) is 3.06. The average molecular weight is 566 g/mol. The number of amides is 1. The zero-order valence-electron chi connectivity index (χ0n) is 23.6. The summed E-state index contributed by atoms with van der Waals surface area (Å²) in [7, 11) is 2.99. The van der Waals surface area contributed by atoms with Crippen LogP contribution in [-0.4, -0.2) is 53.0 Å². The van der Waals surface area contributed by atoms with Gasteiger partial charge in [0.1, 0.15) is 0 Å². The van der Waals surface area contributed by atoms with Gasteiger partial charge in [-0.25, -0.2) is 0 Å². The van der Waals surface area contributed by atoms with Gasteiger partial charge in [0.2, 0.25) is 5.91 Å². The van der Waals surface area contributed by atoms with Gasteiger partial charge in [0.25, 0.3) is 11.1 Å². The van der Waals surface area contributed by atoms with Gasteiger partial charge in [0.15, 0.2) is 17.3 Å².